The Morgan fingerprint density at radius 1 is 1.12 bits per heavy atom. The molecule has 0 aromatic heterocycles. The van der Waals surface area contributed by atoms with Gasteiger partial charge < -0.3 is 0 Å². The molecule has 86 valence electrons. The molecular weight excluding hydrogens is 206 g/mol. The van der Waals surface area contributed by atoms with Gasteiger partial charge in [0.25, 0.3) is 0 Å². The summed E-state index contributed by atoms with van der Waals surface area (Å²) in [5.74, 6) is 0. The summed E-state index contributed by atoms with van der Waals surface area (Å²) >= 11 is 0. The van der Waals surface area contributed by atoms with Crippen molar-refractivity contribution in [3.63, 3.8) is 0 Å². The van der Waals surface area contributed by atoms with E-state index in [0.29, 0.717) is 0 Å². The Bertz CT molecular complexity index is 606. The van der Waals surface area contributed by atoms with Gasteiger partial charge in [0.05, 0.1) is 5.71 Å². The van der Waals surface area contributed by atoms with Crippen molar-refractivity contribution in [2.24, 2.45) is 4.99 Å². The first-order valence-corrected chi connectivity index (χ1v) is 5.76. The number of aryl methyl sites for hydroxylation is 1. The van der Waals surface area contributed by atoms with Crippen molar-refractivity contribution in [3.8, 4) is 0 Å². The zero-order valence-corrected chi connectivity index (χ0v) is 10.6. The Morgan fingerprint density at radius 2 is 1.82 bits per heavy atom. The summed E-state index contributed by atoms with van der Waals surface area (Å²) in [6.45, 7) is 8.13. The Kier molecular flexibility index (Phi) is 3.10. The van der Waals surface area contributed by atoms with Crippen LogP contribution < -0.4 is 0 Å². The molecule has 0 bridgehead atoms. The summed E-state index contributed by atoms with van der Waals surface area (Å²) in [5.41, 5.74) is 4.45. The molecule has 2 aromatic rings. The zero-order valence-electron chi connectivity index (χ0n) is 10.6. The number of hydrogen-bond acceptors (Lipinski definition) is 1. The van der Waals surface area contributed by atoms with Crippen molar-refractivity contribution >= 4 is 16.5 Å². The zero-order chi connectivity index (χ0) is 12.4. The van der Waals surface area contributed by atoms with Crippen LogP contribution in [0.25, 0.3) is 10.8 Å². The van der Waals surface area contributed by atoms with Crippen LogP contribution in [-0.4, -0.2) is 12.8 Å². The number of fused-ring (bicyclic) bond motifs is 1. The fourth-order valence-electron chi connectivity index (χ4n) is 2.22. The van der Waals surface area contributed by atoms with Crippen LogP contribution in [0.4, 0.5) is 0 Å². The molecule has 0 aliphatic carbocycles. The summed E-state index contributed by atoms with van der Waals surface area (Å²) < 4.78 is 0. The van der Waals surface area contributed by atoms with Gasteiger partial charge in [-0.25, -0.2) is 0 Å². The van der Waals surface area contributed by atoms with Crippen molar-refractivity contribution < 1.29 is 0 Å². The van der Waals surface area contributed by atoms with Crippen molar-refractivity contribution in [1.29, 1.82) is 0 Å². The number of aliphatic imine (C=N–C) groups is 1. The predicted molar refractivity (Wildman–Crippen MR) is 76.0 cm³/mol. The SMILES string of the molecule is C=C(C)C(=NC)c1ccc2ccccc2c1C. The first kappa shape index (κ1) is 11.6. The molecule has 0 spiro atoms. The molecule has 2 aromatic carbocycles. The smallest absolute Gasteiger partial charge is 0.0669 e. The minimum absolute atomic E-state index is 0.994. The van der Waals surface area contributed by atoms with Gasteiger partial charge in [0.15, 0.2) is 0 Å². The summed E-state index contributed by atoms with van der Waals surface area (Å²) in [7, 11) is 1.82. The number of hydrogen-bond donors (Lipinski definition) is 0. The van der Waals surface area contributed by atoms with Crippen LogP contribution in [0.2, 0.25) is 0 Å². The Labute approximate surface area is 103 Å². The summed E-state index contributed by atoms with van der Waals surface area (Å²) in [6.07, 6.45) is 0. The lowest BCUT2D eigenvalue weighted by atomic mass is 9.95. The lowest BCUT2D eigenvalue weighted by Crippen LogP contribution is -2.04. The van der Waals surface area contributed by atoms with E-state index in [1.54, 1.807) is 0 Å². The van der Waals surface area contributed by atoms with Gasteiger partial charge in [0.1, 0.15) is 0 Å². The van der Waals surface area contributed by atoms with Gasteiger partial charge in [-0.05, 0) is 35.8 Å². The van der Waals surface area contributed by atoms with Gasteiger partial charge in [0, 0.05) is 12.6 Å². The maximum Gasteiger partial charge on any atom is 0.0669 e. The lowest BCUT2D eigenvalue weighted by Gasteiger charge is -2.11. The maximum atomic E-state index is 4.34. The van der Waals surface area contributed by atoms with E-state index in [0.717, 1.165) is 11.3 Å². The molecule has 1 nitrogen and oxygen atoms in total. The third-order valence-electron chi connectivity index (χ3n) is 3.08. The molecule has 0 fully saturated rings. The first-order chi connectivity index (χ1) is 8.15. The van der Waals surface area contributed by atoms with E-state index < -0.39 is 0 Å². The van der Waals surface area contributed by atoms with Gasteiger partial charge in [-0.2, -0.15) is 0 Å². The van der Waals surface area contributed by atoms with E-state index >= 15 is 0 Å². The van der Waals surface area contributed by atoms with Crippen LogP contribution in [0.5, 0.6) is 0 Å². The molecule has 0 unspecified atom stereocenters. The molecule has 0 aliphatic rings. The second-order valence-electron chi connectivity index (χ2n) is 4.31. The minimum Gasteiger partial charge on any atom is -0.288 e. The molecule has 2 rings (SSSR count). The Morgan fingerprint density at radius 3 is 2.47 bits per heavy atom. The van der Waals surface area contributed by atoms with Crippen LogP contribution in [0.1, 0.15) is 18.1 Å². The van der Waals surface area contributed by atoms with Crippen LogP contribution in [0.3, 0.4) is 0 Å². The molecule has 0 radical (unpaired) electrons. The summed E-state index contributed by atoms with van der Waals surface area (Å²) in [5, 5.41) is 2.55. The number of allylic oxidation sites excluding steroid dienone is 1. The predicted octanol–water partition coefficient (Wildman–Crippen LogP) is 4.14. The van der Waals surface area contributed by atoms with Crippen molar-refractivity contribution in [1.82, 2.24) is 0 Å². The van der Waals surface area contributed by atoms with E-state index in [9.17, 15) is 0 Å². The fraction of sp³-hybridized carbons (Fsp3) is 0.188. The fourth-order valence-corrected chi connectivity index (χ4v) is 2.22. The molecule has 0 N–H and O–H groups in total. The Balaban J connectivity index is 2.72. The van der Waals surface area contributed by atoms with E-state index in [-0.39, 0.29) is 0 Å². The van der Waals surface area contributed by atoms with Crippen LogP contribution in [0, 0.1) is 6.92 Å². The molecule has 0 heterocycles. The Hall–Kier alpha value is -1.89. The lowest BCUT2D eigenvalue weighted by molar-refractivity contribution is 1.38. The topological polar surface area (TPSA) is 12.4 Å². The molecule has 17 heavy (non-hydrogen) atoms. The minimum atomic E-state index is 0.994. The largest absolute Gasteiger partial charge is 0.288 e. The van der Waals surface area contributed by atoms with Gasteiger partial charge in [-0.15, -0.1) is 0 Å². The average Bonchev–Trinajstić information content (AvgIpc) is 2.33. The molecule has 0 amide bonds. The van der Waals surface area contributed by atoms with Crippen molar-refractivity contribution in [2.75, 3.05) is 7.05 Å². The van der Waals surface area contributed by atoms with Crippen LogP contribution in [-0.2, 0) is 0 Å². The molecule has 0 saturated heterocycles. The van der Waals surface area contributed by atoms with Gasteiger partial charge in [0.2, 0.25) is 0 Å². The van der Waals surface area contributed by atoms with E-state index in [4.69, 9.17) is 0 Å². The van der Waals surface area contributed by atoms with E-state index in [2.05, 4.69) is 54.9 Å². The highest BCUT2D eigenvalue weighted by molar-refractivity contribution is 6.14. The molecule has 0 saturated carbocycles. The highest BCUT2D eigenvalue weighted by atomic mass is 14.7. The normalized spacial score (nSPS) is 11.8. The second-order valence-corrected chi connectivity index (χ2v) is 4.31. The first-order valence-electron chi connectivity index (χ1n) is 5.76. The average molecular weight is 223 g/mol. The van der Waals surface area contributed by atoms with Gasteiger partial charge >= 0.3 is 0 Å². The standard InChI is InChI=1S/C16H17N/c1-11(2)16(17-4)15-10-9-13-7-5-6-8-14(13)12(15)3/h5-10H,1H2,2-4H3. The van der Waals surface area contributed by atoms with Crippen LogP contribution >= 0.6 is 0 Å². The molecule has 1 heteroatoms. The highest BCUT2D eigenvalue weighted by Crippen LogP contribution is 2.23. The summed E-state index contributed by atoms with van der Waals surface area (Å²) in [6, 6.07) is 12.7. The number of nitrogens with zero attached hydrogens (tertiary/aromatic N) is 1. The van der Waals surface area contributed by atoms with Crippen molar-refractivity contribution in [3.05, 3.63) is 59.7 Å². The van der Waals surface area contributed by atoms with E-state index in [1.165, 1.54) is 21.9 Å². The van der Waals surface area contributed by atoms with Crippen LogP contribution in [0.15, 0.2) is 53.5 Å². The quantitative estimate of drug-likeness (QED) is 0.678. The highest BCUT2D eigenvalue weighted by Gasteiger charge is 2.09. The third-order valence-corrected chi connectivity index (χ3v) is 3.08. The van der Waals surface area contributed by atoms with Crippen molar-refractivity contribution in [2.45, 2.75) is 13.8 Å². The summed E-state index contributed by atoms with van der Waals surface area (Å²) in [4.78, 5) is 4.34. The molecule has 0 aliphatic heterocycles. The van der Waals surface area contributed by atoms with Gasteiger partial charge in [-0.1, -0.05) is 43.0 Å². The second kappa shape index (κ2) is 4.54. The van der Waals surface area contributed by atoms with E-state index in [1.807, 2.05) is 14.0 Å². The maximum absolute atomic E-state index is 4.34. The molecule has 0 atom stereocenters. The van der Waals surface area contributed by atoms with Gasteiger partial charge in [-0.3, -0.25) is 4.99 Å². The molecular formula is C16H17N. The number of rotatable bonds is 2. The number of benzene rings is 2. The monoisotopic (exact) mass is 223 g/mol. The third kappa shape index (κ3) is 2.01.